The Balaban J connectivity index is 0.998. The molecule has 0 saturated carbocycles. The van der Waals surface area contributed by atoms with Gasteiger partial charge in [0.25, 0.3) is 10.0 Å². The summed E-state index contributed by atoms with van der Waals surface area (Å²) in [6.45, 7) is 4.61. The van der Waals surface area contributed by atoms with Gasteiger partial charge in [0.15, 0.2) is 0 Å². The van der Waals surface area contributed by atoms with Gasteiger partial charge in [-0.25, -0.2) is 18.4 Å². The lowest BCUT2D eigenvalue weighted by molar-refractivity contribution is -0.137. The summed E-state index contributed by atoms with van der Waals surface area (Å²) in [6.07, 6.45) is -0.426. The third kappa shape index (κ3) is 11.2. The second-order valence-electron chi connectivity index (χ2n) is 15.4. The summed E-state index contributed by atoms with van der Waals surface area (Å²) in [4.78, 5) is 16.2. The number of nitrogens with zero attached hydrogens (tertiary/aromatic N) is 5. The molecule has 0 aliphatic carbocycles. The largest absolute Gasteiger partial charge is 0.418 e. The number of anilines is 2. The number of nitrogens with one attached hydrogen (secondary N) is 2. The van der Waals surface area contributed by atoms with E-state index in [1.54, 1.807) is 11.8 Å². The molecule has 0 amide bonds. The van der Waals surface area contributed by atoms with E-state index < -0.39 is 26.7 Å². The number of sulfonamides is 1. The monoisotopic (exact) mass is 863 g/mol. The summed E-state index contributed by atoms with van der Waals surface area (Å²) in [5.41, 5.74) is 3.79. The van der Waals surface area contributed by atoms with Crippen LogP contribution in [0.5, 0.6) is 0 Å². The Bertz CT molecular complexity index is 2290. The number of thioether (sulfide) groups is 1. The molecule has 0 bridgehead atoms. The molecular weight excluding hydrogens is 815 g/mol. The Morgan fingerprint density at radius 1 is 0.932 bits per heavy atom. The average Bonchev–Trinajstić information content (AvgIpc) is 3.22. The van der Waals surface area contributed by atoms with Crippen LogP contribution in [-0.4, -0.2) is 91.2 Å². The molecule has 59 heavy (non-hydrogen) atoms. The smallest absolute Gasteiger partial charge is 0.381 e. The van der Waals surface area contributed by atoms with Gasteiger partial charge >= 0.3 is 6.18 Å². The van der Waals surface area contributed by atoms with Gasteiger partial charge in [-0.15, -0.1) is 11.8 Å². The number of hydrogen-bond acceptors (Lipinski definition) is 9. The van der Waals surface area contributed by atoms with Crippen molar-refractivity contribution < 1.29 is 21.6 Å². The third-order valence-electron chi connectivity index (χ3n) is 11.0. The Morgan fingerprint density at radius 3 is 2.39 bits per heavy atom. The second-order valence-corrected chi connectivity index (χ2v) is 18.6. The maximum absolute atomic E-state index is 14.6. The first kappa shape index (κ1) is 42.9. The van der Waals surface area contributed by atoms with Crippen LogP contribution in [0.3, 0.4) is 0 Å². The minimum Gasteiger partial charge on any atom is -0.381 e. The fraction of sp³-hybridized carbons (Fsp3) is 0.364. The van der Waals surface area contributed by atoms with Crippen molar-refractivity contribution in [3.8, 4) is 11.1 Å². The molecule has 3 heterocycles. The van der Waals surface area contributed by atoms with E-state index in [9.17, 15) is 21.6 Å². The number of likely N-dealkylation sites (tertiary alicyclic amines) is 1. The van der Waals surface area contributed by atoms with Gasteiger partial charge in [-0.3, -0.25) is 14.5 Å². The van der Waals surface area contributed by atoms with Gasteiger partial charge in [0.2, 0.25) is 0 Å². The van der Waals surface area contributed by atoms with Crippen LogP contribution in [0.2, 0.25) is 5.02 Å². The predicted molar refractivity (Wildman–Crippen MR) is 231 cm³/mol. The SMILES string of the molecule is CN(C)CC[C@H](CSc1ccccc1)Nc1ccc(S(=O)(=O)Nc2ncnc3c2CCN(C2CCN(Cc4ccccc4-c4ccc(Cl)cc4)CC2)C3)cc1C(F)(F)F. The van der Waals surface area contributed by atoms with Crippen molar-refractivity contribution in [1.29, 1.82) is 0 Å². The minimum atomic E-state index is -4.80. The molecule has 312 valence electrons. The molecule has 1 fully saturated rings. The van der Waals surface area contributed by atoms with E-state index >= 15 is 0 Å². The number of piperidine rings is 1. The first-order chi connectivity index (χ1) is 28.3. The number of alkyl halides is 3. The Labute approximate surface area is 354 Å². The fourth-order valence-electron chi connectivity index (χ4n) is 7.81. The molecule has 0 unspecified atom stereocenters. The maximum atomic E-state index is 14.6. The zero-order valence-electron chi connectivity index (χ0n) is 33.1. The maximum Gasteiger partial charge on any atom is 0.418 e. The van der Waals surface area contributed by atoms with Gasteiger partial charge in [-0.05, 0) is 119 Å². The molecule has 9 nitrogen and oxygen atoms in total. The Kier molecular flexibility index (Phi) is 13.8. The molecule has 7 rings (SSSR count). The fourth-order valence-corrected chi connectivity index (χ4v) is 10.00. The number of hydrogen-bond donors (Lipinski definition) is 2. The van der Waals surface area contributed by atoms with Gasteiger partial charge in [-0.2, -0.15) is 13.2 Å². The highest BCUT2D eigenvalue weighted by Crippen LogP contribution is 2.38. The van der Waals surface area contributed by atoms with Crippen molar-refractivity contribution in [2.75, 3.05) is 56.1 Å². The van der Waals surface area contributed by atoms with Crippen LogP contribution < -0.4 is 10.0 Å². The lowest BCUT2D eigenvalue weighted by atomic mass is 9.96. The molecule has 1 atom stereocenters. The van der Waals surface area contributed by atoms with E-state index in [0.717, 1.165) is 48.6 Å². The second kappa shape index (κ2) is 19.0. The highest BCUT2D eigenvalue weighted by atomic mass is 35.5. The van der Waals surface area contributed by atoms with E-state index in [-0.39, 0.29) is 17.5 Å². The van der Waals surface area contributed by atoms with Gasteiger partial charge in [-0.1, -0.05) is 66.2 Å². The Hall–Kier alpha value is -4.18. The Morgan fingerprint density at radius 2 is 1.66 bits per heavy atom. The molecular formula is C44H49ClF3N7O2S2. The van der Waals surface area contributed by atoms with Crippen molar-refractivity contribution in [1.82, 2.24) is 24.7 Å². The highest BCUT2D eigenvalue weighted by Gasteiger charge is 2.36. The van der Waals surface area contributed by atoms with E-state index in [1.807, 2.05) is 61.5 Å². The van der Waals surface area contributed by atoms with E-state index in [0.29, 0.717) is 60.9 Å². The van der Waals surface area contributed by atoms with E-state index in [1.165, 1.54) is 29.6 Å². The average molecular weight is 865 g/mol. The van der Waals surface area contributed by atoms with Crippen LogP contribution in [0.1, 0.15) is 41.6 Å². The topological polar surface area (TPSA) is 93.7 Å². The molecule has 0 radical (unpaired) electrons. The van der Waals surface area contributed by atoms with Gasteiger partial charge < -0.3 is 10.2 Å². The minimum absolute atomic E-state index is 0.0984. The molecule has 15 heteroatoms. The van der Waals surface area contributed by atoms with Crippen molar-refractivity contribution in [2.24, 2.45) is 0 Å². The number of fused-ring (bicyclic) bond motifs is 1. The summed E-state index contributed by atoms with van der Waals surface area (Å²) in [5.74, 6) is 0.619. The van der Waals surface area contributed by atoms with Crippen molar-refractivity contribution in [3.05, 3.63) is 131 Å². The van der Waals surface area contributed by atoms with Crippen LogP contribution in [0.4, 0.5) is 24.7 Å². The van der Waals surface area contributed by atoms with Crippen molar-refractivity contribution in [2.45, 2.75) is 66.8 Å². The van der Waals surface area contributed by atoms with Crippen LogP contribution in [0.15, 0.2) is 113 Å². The van der Waals surface area contributed by atoms with E-state index in [4.69, 9.17) is 11.6 Å². The third-order valence-corrected chi connectivity index (χ3v) is 13.8. The summed E-state index contributed by atoms with van der Waals surface area (Å²) in [7, 11) is -0.609. The van der Waals surface area contributed by atoms with Crippen LogP contribution >= 0.6 is 23.4 Å². The number of rotatable bonds is 15. The normalized spacial score (nSPS) is 16.2. The molecule has 2 aliphatic heterocycles. The van der Waals surface area contributed by atoms with Gasteiger partial charge in [0, 0.05) is 58.6 Å². The van der Waals surface area contributed by atoms with Crippen LogP contribution in [0.25, 0.3) is 11.1 Å². The summed E-state index contributed by atoms with van der Waals surface area (Å²) in [5, 5.41) is 3.80. The van der Waals surface area contributed by atoms with E-state index in [2.05, 4.69) is 66.2 Å². The number of halogens is 4. The number of aromatic nitrogens is 2. The van der Waals surface area contributed by atoms with Gasteiger partial charge in [0.05, 0.1) is 16.2 Å². The molecule has 5 aromatic rings. The highest BCUT2D eigenvalue weighted by molar-refractivity contribution is 7.99. The quantitative estimate of drug-likeness (QED) is 0.100. The van der Waals surface area contributed by atoms with Crippen molar-refractivity contribution >= 4 is 44.9 Å². The standard InChI is InChI=1S/C44H49ClF3N7O2S2/c1-53(2)22-18-34(29-58-36-9-4-3-5-10-36)51-41-17-16-37(26-40(41)44(46,47)48)59(56,57)52-43-39-21-25-55(28-42(39)49-30-50-43)35-19-23-54(24-20-35)27-32-8-6-7-11-38(32)31-12-14-33(45)15-13-31/h3-17,26,30,34-35,51H,18-25,27-29H2,1-2H3,(H,49,50,52)/t34-/m1/s1. The number of benzene rings is 4. The molecule has 1 saturated heterocycles. The molecule has 1 aromatic heterocycles. The summed E-state index contributed by atoms with van der Waals surface area (Å²) in [6, 6.07) is 29.2. The molecule has 2 aliphatic rings. The van der Waals surface area contributed by atoms with Gasteiger partial charge in [0.1, 0.15) is 12.1 Å². The zero-order chi connectivity index (χ0) is 41.6. The first-order valence-corrected chi connectivity index (χ1v) is 22.6. The lowest BCUT2D eigenvalue weighted by Crippen LogP contribution is -2.46. The zero-order valence-corrected chi connectivity index (χ0v) is 35.5. The van der Waals surface area contributed by atoms with Crippen LogP contribution in [0, 0.1) is 0 Å². The lowest BCUT2D eigenvalue weighted by Gasteiger charge is -2.40. The first-order valence-electron chi connectivity index (χ1n) is 19.8. The van der Waals surface area contributed by atoms with Crippen molar-refractivity contribution in [3.63, 3.8) is 0 Å². The summed E-state index contributed by atoms with van der Waals surface area (Å²) < 4.78 is 73.7. The summed E-state index contributed by atoms with van der Waals surface area (Å²) >= 11 is 7.69. The molecule has 2 N–H and O–H groups in total. The van der Waals surface area contributed by atoms with Crippen LogP contribution in [-0.2, 0) is 35.7 Å². The molecule has 4 aromatic carbocycles. The predicted octanol–water partition coefficient (Wildman–Crippen LogP) is 9.16. The molecule has 0 spiro atoms.